The molecule has 0 radical (unpaired) electrons. The highest BCUT2D eigenvalue weighted by Crippen LogP contribution is 2.16. The average Bonchev–Trinajstić information content (AvgIpc) is 2.84. The maximum atomic E-state index is 10.8. The summed E-state index contributed by atoms with van der Waals surface area (Å²) in [6.45, 7) is 3.50. The van der Waals surface area contributed by atoms with Crippen molar-refractivity contribution in [1.29, 1.82) is 0 Å². The Hall–Kier alpha value is -0.170. The number of hydrogen-bond donors (Lipinski definition) is 1. The molecule has 0 aliphatic heterocycles. The lowest BCUT2D eigenvalue weighted by Gasteiger charge is -2.32. The van der Waals surface area contributed by atoms with E-state index in [1.807, 2.05) is 14.1 Å². The normalized spacial score (nSPS) is 13.3. The first-order valence-electron chi connectivity index (χ1n) is 17.1. The summed E-state index contributed by atoms with van der Waals surface area (Å²) in [7, 11) is -0.391. The maximum absolute atomic E-state index is 10.8. The van der Waals surface area contributed by atoms with Crippen LogP contribution in [0.2, 0.25) is 0 Å². The van der Waals surface area contributed by atoms with Crippen molar-refractivity contribution in [2.75, 3.05) is 32.9 Å². The number of nitrogens with zero attached hydrogens (tertiary/aromatic N) is 1. The van der Waals surface area contributed by atoms with E-state index in [1.54, 1.807) is 0 Å². The van der Waals surface area contributed by atoms with Gasteiger partial charge in [-0.1, -0.05) is 161 Å². The van der Waals surface area contributed by atoms with Crippen LogP contribution in [0.5, 0.6) is 0 Å². The third kappa shape index (κ3) is 32.2. The number of rotatable bonds is 31. The molecule has 236 valence electrons. The number of hydrogen-bond acceptors (Lipinski definition) is 4. The molecule has 0 aromatic rings. The molecule has 0 aliphatic carbocycles. The highest BCUT2D eigenvalue weighted by Gasteiger charge is 2.21. The first kappa shape index (κ1) is 38.8. The Morgan fingerprint density at radius 2 is 0.795 bits per heavy atom. The monoisotopic (exact) mass is 575 g/mol. The van der Waals surface area contributed by atoms with Crippen molar-refractivity contribution in [2.24, 2.45) is 0 Å². The van der Waals surface area contributed by atoms with Gasteiger partial charge in [0.05, 0.1) is 36.5 Å². The molecule has 1 atom stereocenters. The topological polar surface area (TPSA) is 77.4 Å². The third-order valence-corrected chi connectivity index (χ3v) is 9.01. The van der Waals surface area contributed by atoms with Crippen molar-refractivity contribution in [3.05, 3.63) is 0 Å². The summed E-state index contributed by atoms with van der Waals surface area (Å²) >= 11 is 0. The molecule has 0 aromatic carbocycles. The van der Waals surface area contributed by atoms with Gasteiger partial charge in [-0.15, -0.1) is 0 Å². The van der Waals surface area contributed by atoms with Gasteiger partial charge in [-0.05, 0) is 12.8 Å². The molecule has 0 rings (SSSR count). The molecule has 0 heterocycles. The molecule has 6 heteroatoms. The molecular weight excluding hydrogens is 506 g/mol. The smallest absolute Gasteiger partial charge is 0.116 e. The zero-order valence-electron chi connectivity index (χ0n) is 26.6. The van der Waals surface area contributed by atoms with Crippen LogP contribution in [0.25, 0.3) is 0 Å². The Labute approximate surface area is 245 Å². The summed E-state index contributed by atoms with van der Waals surface area (Å²) in [5.41, 5.74) is 0. The number of likely N-dealkylation sites (N-methyl/N-ethyl adjacent to an activating group) is 1. The molecule has 0 bridgehead atoms. The van der Waals surface area contributed by atoms with Crippen molar-refractivity contribution in [1.82, 2.24) is 0 Å². The Morgan fingerprint density at radius 1 is 0.538 bits per heavy atom. The van der Waals surface area contributed by atoms with Crippen LogP contribution in [0, 0.1) is 0 Å². The largest absolute Gasteiger partial charge is 0.748 e. The van der Waals surface area contributed by atoms with Gasteiger partial charge in [0.15, 0.2) is 0 Å². The fraction of sp³-hybridized carbons (Fsp3) is 1.00. The molecule has 0 aromatic heterocycles. The molecular formula is C33H69NO4S. The van der Waals surface area contributed by atoms with Crippen molar-refractivity contribution in [3.63, 3.8) is 0 Å². The highest BCUT2D eigenvalue weighted by molar-refractivity contribution is 7.85. The fourth-order valence-corrected chi connectivity index (χ4v) is 6.38. The minimum Gasteiger partial charge on any atom is -0.748 e. The molecule has 0 fully saturated rings. The maximum Gasteiger partial charge on any atom is 0.116 e. The number of quaternary nitrogens is 1. The van der Waals surface area contributed by atoms with E-state index < -0.39 is 22.0 Å². The molecule has 5 nitrogen and oxygen atoms in total. The third-order valence-electron chi connectivity index (χ3n) is 8.22. The summed E-state index contributed by atoms with van der Waals surface area (Å²) in [6.07, 6.45) is 35.1. The molecule has 0 saturated heterocycles. The molecule has 0 spiro atoms. The summed E-state index contributed by atoms with van der Waals surface area (Å²) in [5, 5.41) is 9.82. The van der Waals surface area contributed by atoms with Crippen molar-refractivity contribution in [3.8, 4) is 0 Å². The molecule has 0 amide bonds. The van der Waals surface area contributed by atoms with Crippen LogP contribution in [0.1, 0.15) is 174 Å². The van der Waals surface area contributed by atoms with Gasteiger partial charge >= 0.3 is 0 Å². The lowest BCUT2D eigenvalue weighted by atomic mass is 10.0. The first-order valence-corrected chi connectivity index (χ1v) is 18.7. The first-order chi connectivity index (χ1) is 18.7. The van der Waals surface area contributed by atoms with Crippen molar-refractivity contribution < 1.29 is 22.6 Å². The van der Waals surface area contributed by atoms with Gasteiger partial charge in [0.1, 0.15) is 12.6 Å². The van der Waals surface area contributed by atoms with E-state index in [9.17, 15) is 18.1 Å². The van der Waals surface area contributed by atoms with Gasteiger partial charge in [0.25, 0.3) is 0 Å². The summed E-state index contributed by atoms with van der Waals surface area (Å²) in [5.74, 6) is -0.686. The molecule has 0 saturated carbocycles. The van der Waals surface area contributed by atoms with E-state index in [1.165, 1.54) is 161 Å². The lowest BCUT2D eigenvalue weighted by Crippen LogP contribution is -2.47. The van der Waals surface area contributed by atoms with Gasteiger partial charge in [0, 0.05) is 0 Å². The summed E-state index contributed by atoms with van der Waals surface area (Å²) < 4.78 is 32.9. The fourth-order valence-electron chi connectivity index (χ4n) is 5.81. The zero-order valence-corrected chi connectivity index (χ0v) is 27.4. The van der Waals surface area contributed by atoms with Crippen LogP contribution in [0.4, 0.5) is 0 Å². The highest BCUT2D eigenvalue weighted by atomic mass is 32.2. The zero-order chi connectivity index (χ0) is 29.1. The predicted molar refractivity (Wildman–Crippen MR) is 168 cm³/mol. The lowest BCUT2D eigenvalue weighted by molar-refractivity contribution is -0.893. The molecule has 1 unspecified atom stereocenters. The number of aliphatic hydroxyl groups is 1. The van der Waals surface area contributed by atoms with Crippen LogP contribution < -0.4 is 0 Å². The Morgan fingerprint density at radius 3 is 1.05 bits per heavy atom. The van der Waals surface area contributed by atoms with E-state index in [4.69, 9.17) is 0 Å². The van der Waals surface area contributed by atoms with Crippen molar-refractivity contribution in [2.45, 2.75) is 180 Å². The second-order valence-electron chi connectivity index (χ2n) is 13.1. The minimum absolute atomic E-state index is 0.306. The summed E-state index contributed by atoms with van der Waals surface area (Å²) in [6, 6.07) is 0. The van der Waals surface area contributed by atoms with Gasteiger partial charge < -0.3 is 14.1 Å². The number of unbranched alkanes of at least 4 members (excludes halogenated alkanes) is 25. The van der Waals surface area contributed by atoms with E-state index >= 15 is 0 Å². The second-order valence-corrected chi connectivity index (χ2v) is 14.5. The van der Waals surface area contributed by atoms with Crippen LogP contribution in [0.15, 0.2) is 0 Å². The molecule has 39 heavy (non-hydrogen) atoms. The van der Waals surface area contributed by atoms with E-state index in [0.717, 1.165) is 13.0 Å². The Bertz CT molecular complexity index is 609. The quantitative estimate of drug-likeness (QED) is 0.0508. The van der Waals surface area contributed by atoms with E-state index in [0.29, 0.717) is 11.0 Å². The Balaban J connectivity index is 3.26. The van der Waals surface area contributed by atoms with Crippen molar-refractivity contribution >= 4 is 10.1 Å². The van der Waals surface area contributed by atoms with Crippen LogP contribution >= 0.6 is 0 Å². The summed E-state index contributed by atoms with van der Waals surface area (Å²) in [4.78, 5) is 0. The number of aliphatic hydroxyl groups excluding tert-OH is 1. The van der Waals surface area contributed by atoms with E-state index in [2.05, 4.69) is 6.92 Å². The van der Waals surface area contributed by atoms with Gasteiger partial charge in [0.2, 0.25) is 0 Å². The molecule has 0 aliphatic rings. The van der Waals surface area contributed by atoms with E-state index in [-0.39, 0.29) is 0 Å². The second kappa shape index (κ2) is 26.7. The predicted octanol–water partition coefficient (Wildman–Crippen LogP) is 9.13. The van der Waals surface area contributed by atoms with Gasteiger partial charge in [-0.25, -0.2) is 8.42 Å². The Kier molecular flexibility index (Phi) is 26.6. The van der Waals surface area contributed by atoms with Gasteiger partial charge in [-0.2, -0.15) is 0 Å². The van der Waals surface area contributed by atoms with Crippen LogP contribution in [-0.4, -0.2) is 61.6 Å². The van der Waals surface area contributed by atoms with Gasteiger partial charge in [-0.3, -0.25) is 0 Å². The molecule has 1 N–H and O–H groups in total. The minimum atomic E-state index is -4.36. The van der Waals surface area contributed by atoms with Crippen LogP contribution in [0.3, 0.4) is 0 Å². The standard InChI is InChI=1S/C33H69NO4S/c1-4-5-6-7-8-9-10-11-12-13-14-15-16-17-18-19-20-21-22-23-24-25-26-27-28-29-30-34(2,3)31-33(35)32-39(36,37)38/h33,35H,4-32H2,1-3H3. The average molecular weight is 576 g/mol. The SMILES string of the molecule is CCCCCCCCCCCCCCCCCCCCCCCCCCCC[N+](C)(C)CC(O)CS(=O)(=O)[O-]. The van der Waals surface area contributed by atoms with Crippen LogP contribution in [-0.2, 0) is 10.1 Å².